The molecular weight excluding hydrogens is 238 g/mol. The van der Waals surface area contributed by atoms with Crippen molar-refractivity contribution in [3.8, 4) is 11.1 Å². The number of halogens is 2. The van der Waals surface area contributed by atoms with E-state index < -0.39 is 11.6 Å². The molecule has 5 heteroatoms. The highest BCUT2D eigenvalue weighted by molar-refractivity contribution is 5.89. The summed E-state index contributed by atoms with van der Waals surface area (Å²) in [5, 5.41) is 2.33. The molecule has 3 nitrogen and oxygen atoms in total. The van der Waals surface area contributed by atoms with E-state index in [4.69, 9.17) is 0 Å². The van der Waals surface area contributed by atoms with Crippen molar-refractivity contribution in [1.82, 2.24) is 4.98 Å². The largest absolute Gasteiger partial charge is 0.326 e. The number of carbonyl (C=O) groups is 1. The van der Waals surface area contributed by atoms with Crippen molar-refractivity contribution in [3.63, 3.8) is 0 Å². The van der Waals surface area contributed by atoms with Crippen LogP contribution in [0.2, 0.25) is 0 Å². The van der Waals surface area contributed by atoms with Crippen LogP contribution in [0.5, 0.6) is 0 Å². The van der Waals surface area contributed by atoms with Crippen LogP contribution in [0.4, 0.5) is 14.5 Å². The van der Waals surface area contributed by atoms with Gasteiger partial charge in [0.15, 0.2) is 0 Å². The number of benzene rings is 1. The fourth-order valence-corrected chi connectivity index (χ4v) is 1.64. The first kappa shape index (κ1) is 12.2. The molecule has 0 aliphatic carbocycles. The SMILES string of the molecule is CC(=O)Nc1cc(F)c(-c2ccncc2)c(F)c1. The number of nitrogens with zero attached hydrogens (tertiary/aromatic N) is 1. The van der Waals surface area contributed by atoms with Gasteiger partial charge in [-0.05, 0) is 29.8 Å². The zero-order valence-electron chi connectivity index (χ0n) is 9.58. The third kappa shape index (κ3) is 2.51. The molecule has 0 atom stereocenters. The van der Waals surface area contributed by atoms with E-state index in [1.165, 1.54) is 31.5 Å². The summed E-state index contributed by atoms with van der Waals surface area (Å²) in [6, 6.07) is 5.19. The maximum absolute atomic E-state index is 13.8. The van der Waals surface area contributed by atoms with E-state index in [2.05, 4.69) is 10.3 Å². The van der Waals surface area contributed by atoms with E-state index >= 15 is 0 Å². The third-order valence-corrected chi connectivity index (χ3v) is 2.33. The Labute approximate surface area is 102 Å². The summed E-state index contributed by atoms with van der Waals surface area (Å²) in [6.45, 7) is 1.27. The van der Waals surface area contributed by atoms with Gasteiger partial charge in [0.1, 0.15) is 11.6 Å². The molecule has 0 spiro atoms. The number of rotatable bonds is 2. The summed E-state index contributed by atoms with van der Waals surface area (Å²) < 4.78 is 27.7. The first-order chi connectivity index (χ1) is 8.58. The van der Waals surface area contributed by atoms with Crippen LogP contribution in [0.3, 0.4) is 0 Å². The Balaban J connectivity index is 2.48. The fraction of sp³-hybridized carbons (Fsp3) is 0.0769. The minimum absolute atomic E-state index is 0.0929. The van der Waals surface area contributed by atoms with Crippen molar-refractivity contribution in [2.45, 2.75) is 6.92 Å². The molecular formula is C13H10F2N2O. The van der Waals surface area contributed by atoms with Gasteiger partial charge in [0, 0.05) is 25.0 Å². The molecule has 2 aromatic rings. The van der Waals surface area contributed by atoms with Gasteiger partial charge in [0.2, 0.25) is 5.91 Å². The number of hydrogen-bond donors (Lipinski definition) is 1. The van der Waals surface area contributed by atoms with Gasteiger partial charge in [-0.25, -0.2) is 8.78 Å². The summed E-state index contributed by atoms with van der Waals surface area (Å²) in [6.07, 6.45) is 2.91. The Bertz CT molecular complexity index is 562. The van der Waals surface area contributed by atoms with Crippen LogP contribution in [-0.2, 0) is 4.79 Å². The topological polar surface area (TPSA) is 42.0 Å². The predicted octanol–water partition coefficient (Wildman–Crippen LogP) is 2.99. The van der Waals surface area contributed by atoms with E-state index in [-0.39, 0.29) is 17.2 Å². The first-order valence-electron chi connectivity index (χ1n) is 5.25. The standard InChI is InChI=1S/C13H10F2N2O/c1-8(18)17-10-6-11(14)13(12(15)7-10)9-2-4-16-5-3-9/h2-7H,1H3,(H,17,18). The molecule has 18 heavy (non-hydrogen) atoms. The lowest BCUT2D eigenvalue weighted by molar-refractivity contribution is -0.114. The van der Waals surface area contributed by atoms with Crippen molar-refractivity contribution in [2.75, 3.05) is 5.32 Å². The zero-order valence-corrected chi connectivity index (χ0v) is 9.58. The smallest absolute Gasteiger partial charge is 0.221 e. The second-order valence-electron chi connectivity index (χ2n) is 3.73. The lowest BCUT2D eigenvalue weighted by atomic mass is 10.1. The van der Waals surface area contributed by atoms with Gasteiger partial charge in [0.05, 0.1) is 5.56 Å². The summed E-state index contributed by atoms with van der Waals surface area (Å²) in [5.41, 5.74) is 0.358. The Morgan fingerprint density at radius 2 is 1.72 bits per heavy atom. The first-order valence-corrected chi connectivity index (χ1v) is 5.25. The van der Waals surface area contributed by atoms with Crippen molar-refractivity contribution >= 4 is 11.6 Å². The Kier molecular flexibility index (Phi) is 3.32. The number of amides is 1. The van der Waals surface area contributed by atoms with Crippen molar-refractivity contribution in [2.24, 2.45) is 0 Å². The minimum Gasteiger partial charge on any atom is -0.326 e. The second-order valence-corrected chi connectivity index (χ2v) is 3.73. The lowest BCUT2D eigenvalue weighted by Crippen LogP contribution is -2.07. The van der Waals surface area contributed by atoms with Gasteiger partial charge in [-0.15, -0.1) is 0 Å². The molecule has 0 saturated carbocycles. The van der Waals surface area contributed by atoms with Crippen LogP contribution in [0.15, 0.2) is 36.7 Å². The van der Waals surface area contributed by atoms with Gasteiger partial charge >= 0.3 is 0 Å². The Morgan fingerprint density at radius 1 is 1.17 bits per heavy atom. The van der Waals surface area contributed by atoms with E-state index in [1.54, 1.807) is 0 Å². The number of hydrogen-bond acceptors (Lipinski definition) is 2. The maximum Gasteiger partial charge on any atom is 0.221 e. The van der Waals surface area contributed by atoms with Crippen molar-refractivity contribution in [1.29, 1.82) is 0 Å². The molecule has 1 aromatic carbocycles. The number of pyridine rings is 1. The van der Waals surface area contributed by atoms with Crippen LogP contribution in [0.25, 0.3) is 11.1 Å². The number of carbonyl (C=O) groups excluding carboxylic acids is 1. The summed E-state index contributed by atoms with van der Waals surface area (Å²) in [7, 11) is 0. The highest BCUT2D eigenvalue weighted by Crippen LogP contribution is 2.28. The van der Waals surface area contributed by atoms with Crippen molar-refractivity contribution < 1.29 is 13.6 Å². The average molecular weight is 248 g/mol. The Morgan fingerprint density at radius 3 is 2.22 bits per heavy atom. The van der Waals surface area contributed by atoms with Gasteiger partial charge in [-0.3, -0.25) is 9.78 Å². The average Bonchev–Trinajstić information content (AvgIpc) is 2.28. The van der Waals surface area contributed by atoms with E-state index in [0.717, 1.165) is 12.1 Å². The van der Waals surface area contributed by atoms with Gasteiger partial charge < -0.3 is 5.32 Å². The Hall–Kier alpha value is -2.30. The summed E-state index contributed by atoms with van der Waals surface area (Å²) in [5.74, 6) is -1.85. The fourth-order valence-electron chi connectivity index (χ4n) is 1.64. The maximum atomic E-state index is 13.8. The summed E-state index contributed by atoms with van der Waals surface area (Å²) >= 11 is 0. The minimum atomic E-state index is -0.732. The predicted molar refractivity (Wildman–Crippen MR) is 63.9 cm³/mol. The van der Waals surface area contributed by atoms with Gasteiger partial charge in [-0.2, -0.15) is 0 Å². The molecule has 1 aromatic heterocycles. The van der Waals surface area contributed by atoms with E-state index in [1.807, 2.05) is 0 Å². The molecule has 1 N–H and O–H groups in total. The highest BCUT2D eigenvalue weighted by Gasteiger charge is 2.13. The third-order valence-electron chi connectivity index (χ3n) is 2.33. The van der Waals surface area contributed by atoms with Crippen LogP contribution in [0.1, 0.15) is 6.92 Å². The molecule has 0 unspecified atom stereocenters. The molecule has 2 rings (SSSR count). The van der Waals surface area contributed by atoms with Gasteiger partial charge in [0.25, 0.3) is 0 Å². The molecule has 0 bridgehead atoms. The molecule has 0 saturated heterocycles. The zero-order chi connectivity index (χ0) is 13.1. The molecule has 0 aliphatic rings. The van der Waals surface area contributed by atoms with Crippen LogP contribution in [-0.4, -0.2) is 10.9 Å². The number of nitrogens with one attached hydrogen (secondary N) is 1. The molecule has 0 fully saturated rings. The number of anilines is 1. The van der Waals surface area contributed by atoms with Crippen LogP contribution < -0.4 is 5.32 Å². The molecule has 0 radical (unpaired) electrons. The quantitative estimate of drug-likeness (QED) is 0.887. The van der Waals surface area contributed by atoms with E-state index in [9.17, 15) is 13.6 Å². The normalized spacial score (nSPS) is 10.2. The lowest BCUT2D eigenvalue weighted by Gasteiger charge is -2.08. The van der Waals surface area contributed by atoms with Crippen LogP contribution in [0, 0.1) is 11.6 Å². The van der Waals surface area contributed by atoms with Crippen LogP contribution >= 0.6 is 0 Å². The van der Waals surface area contributed by atoms with Crippen molar-refractivity contribution in [3.05, 3.63) is 48.3 Å². The monoisotopic (exact) mass is 248 g/mol. The second kappa shape index (κ2) is 4.91. The molecule has 1 heterocycles. The summed E-state index contributed by atoms with van der Waals surface area (Å²) in [4.78, 5) is 14.6. The molecule has 0 aliphatic heterocycles. The van der Waals surface area contributed by atoms with E-state index in [0.29, 0.717) is 5.56 Å². The number of aromatic nitrogens is 1. The highest BCUT2D eigenvalue weighted by atomic mass is 19.1. The molecule has 92 valence electrons. The van der Waals surface area contributed by atoms with Gasteiger partial charge in [-0.1, -0.05) is 0 Å². The molecule has 1 amide bonds.